The van der Waals surface area contributed by atoms with Crippen LogP contribution in [0.4, 0.5) is 5.82 Å². The monoisotopic (exact) mass is 467 g/mol. The number of phosphoric acid groups is 2. The fourth-order valence-corrected chi connectivity index (χ4v) is 5.50. The van der Waals surface area contributed by atoms with Crippen LogP contribution in [-0.4, -0.2) is 36.4 Å². The van der Waals surface area contributed by atoms with E-state index in [9.17, 15) is 19.1 Å². The van der Waals surface area contributed by atoms with Crippen LogP contribution in [0.2, 0.25) is 0 Å². The average molecular weight is 467 g/mol. The van der Waals surface area contributed by atoms with Crippen LogP contribution in [0.25, 0.3) is 0 Å². The number of anilines is 1. The molecule has 2 aromatic rings. The molecular weight excluding hydrogens is 444 g/mol. The molecule has 2 aromatic heterocycles. The summed E-state index contributed by atoms with van der Waals surface area (Å²) in [5.41, 5.74) is 8.36. The zero-order valence-corrected chi connectivity index (χ0v) is 18.6. The standard InChI is InChI=1S/C15H23N3O8P2S/c1-8-12(6-11-7-17-10(3)18-15(11)16)14(9(2)19)29-13(8)4-5-25-28(23,24)26-27(20,21)22/h7,9,19H,4-6H2,1-3H3,(H,23,24)(H2,16,17,18)(H2,20,21,22)/t9-/m1/s1. The molecule has 0 aliphatic carbocycles. The number of nitrogen functional groups attached to an aromatic ring is 1. The van der Waals surface area contributed by atoms with Crippen molar-refractivity contribution in [1.29, 1.82) is 0 Å². The van der Waals surface area contributed by atoms with Crippen LogP contribution in [0, 0.1) is 13.8 Å². The molecule has 2 atom stereocenters. The van der Waals surface area contributed by atoms with E-state index in [1.54, 1.807) is 20.0 Å². The van der Waals surface area contributed by atoms with Crippen molar-refractivity contribution < 1.29 is 37.8 Å². The van der Waals surface area contributed by atoms with Gasteiger partial charge in [0.15, 0.2) is 0 Å². The number of nitrogens with two attached hydrogens (primary N) is 1. The molecule has 2 rings (SSSR count). The summed E-state index contributed by atoms with van der Waals surface area (Å²) < 4.78 is 30.6. The number of aliphatic hydroxyl groups excluding tert-OH is 1. The molecule has 14 heteroatoms. The molecule has 0 aliphatic heterocycles. The minimum atomic E-state index is -5.17. The van der Waals surface area contributed by atoms with Crippen molar-refractivity contribution in [3.8, 4) is 0 Å². The van der Waals surface area contributed by atoms with E-state index < -0.39 is 21.7 Å². The molecule has 0 aliphatic rings. The van der Waals surface area contributed by atoms with Gasteiger partial charge in [0.05, 0.1) is 12.7 Å². The van der Waals surface area contributed by atoms with Gasteiger partial charge in [-0.15, -0.1) is 11.3 Å². The van der Waals surface area contributed by atoms with Crippen molar-refractivity contribution >= 4 is 32.8 Å². The first-order chi connectivity index (χ1) is 13.3. The van der Waals surface area contributed by atoms with Crippen molar-refractivity contribution in [1.82, 2.24) is 9.97 Å². The van der Waals surface area contributed by atoms with Crippen LogP contribution in [0.1, 0.15) is 45.3 Å². The van der Waals surface area contributed by atoms with Gasteiger partial charge in [-0.1, -0.05) is 0 Å². The van der Waals surface area contributed by atoms with Crippen molar-refractivity contribution in [2.24, 2.45) is 0 Å². The van der Waals surface area contributed by atoms with Crippen molar-refractivity contribution in [2.45, 2.75) is 39.7 Å². The minimum Gasteiger partial charge on any atom is -0.388 e. The lowest BCUT2D eigenvalue weighted by Crippen LogP contribution is -2.04. The number of nitrogens with zero attached hydrogens (tertiary/aromatic N) is 2. The third-order valence-electron chi connectivity index (χ3n) is 3.96. The van der Waals surface area contributed by atoms with Crippen LogP contribution in [0.5, 0.6) is 0 Å². The molecular formula is C15H23N3O8P2S. The van der Waals surface area contributed by atoms with Crippen molar-refractivity contribution in [3.05, 3.63) is 38.5 Å². The van der Waals surface area contributed by atoms with E-state index in [0.29, 0.717) is 28.5 Å². The number of aromatic nitrogens is 2. The molecule has 2 heterocycles. The Morgan fingerprint density at radius 3 is 2.48 bits per heavy atom. The van der Waals surface area contributed by atoms with Gasteiger partial charge in [0.25, 0.3) is 0 Å². The van der Waals surface area contributed by atoms with Crippen LogP contribution < -0.4 is 5.73 Å². The number of aryl methyl sites for hydroxylation is 1. The van der Waals surface area contributed by atoms with Gasteiger partial charge in [-0.25, -0.2) is 19.1 Å². The lowest BCUT2D eigenvalue weighted by molar-refractivity contribution is 0.180. The number of phosphoric ester groups is 1. The highest BCUT2D eigenvalue weighted by molar-refractivity contribution is 7.60. The van der Waals surface area contributed by atoms with Gasteiger partial charge < -0.3 is 25.5 Å². The Labute approximate surface area is 171 Å². The van der Waals surface area contributed by atoms with E-state index in [2.05, 4.69) is 18.8 Å². The predicted octanol–water partition coefficient (Wildman–Crippen LogP) is 2.15. The molecule has 1 unspecified atom stereocenters. The van der Waals surface area contributed by atoms with E-state index in [4.69, 9.17) is 15.5 Å². The molecule has 0 aromatic carbocycles. The maximum atomic E-state index is 11.5. The summed E-state index contributed by atoms with van der Waals surface area (Å²) in [4.78, 5) is 36.4. The zero-order chi connectivity index (χ0) is 22.0. The second-order valence-electron chi connectivity index (χ2n) is 6.30. The molecule has 11 nitrogen and oxygen atoms in total. The minimum absolute atomic E-state index is 0.172. The van der Waals surface area contributed by atoms with Gasteiger partial charge in [0.1, 0.15) is 11.6 Å². The van der Waals surface area contributed by atoms with Gasteiger partial charge in [0, 0.05) is 34.4 Å². The number of thiophene rings is 1. The predicted molar refractivity (Wildman–Crippen MR) is 106 cm³/mol. The van der Waals surface area contributed by atoms with Crippen LogP contribution in [0.3, 0.4) is 0 Å². The largest absolute Gasteiger partial charge is 0.481 e. The number of aliphatic hydroxyl groups is 1. The summed E-state index contributed by atoms with van der Waals surface area (Å²) in [6.07, 6.45) is 1.45. The van der Waals surface area contributed by atoms with E-state index in [0.717, 1.165) is 16.0 Å². The molecule has 0 saturated carbocycles. The summed E-state index contributed by atoms with van der Waals surface area (Å²) >= 11 is 1.31. The quantitative estimate of drug-likeness (QED) is 0.340. The van der Waals surface area contributed by atoms with Gasteiger partial charge in [-0.2, -0.15) is 4.31 Å². The molecule has 0 fully saturated rings. The first-order valence-electron chi connectivity index (χ1n) is 8.40. The molecule has 0 radical (unpaired) electrons. The molecule has 29 heavy (non-hydrogen) atoms. The normalized spacial score (nSPS) is 15.3. The Kier molecular flexibility index (Phi) is 7.72. The van der Waals surface area contributed by atoms with Crippen molar-refractivity contribution in [2.75, 3.05) is 12.3 Å². The van der Waals surface area contributed by atoms with Gasteiger partial charge in [-0.05, 0) is 31.9 Å². The smallest absolute Gasteiger partial charge is 0.388 e. The summed E-state index contributed by atoms with van der Waals surface area (Å²) in [5.74, 6) is 0.896. The Morgan fingerprint density at radius 1 is 1.28 bits per heavy atom. The van der Waals surface area contributed by atoms with Crippen LogP contribution >= 0.6 is 27.0 Å². The maximum absolute atomic E-state index is 11.5. The second kappa shape index (κ2) is 9.30. The Balaban J connectivity index is 2.19. The Bertz CT molecular complexity index is 975. The Hall–Kier alpha value is -1.20. The average Bonchev–Trinajstić information content (AvgIpc) is 2.84. The molecule has 0 amide bonds. The topological polar surface area (TPSA) is 185 Å². The van der Waals surface area contributed by atoms with E-state index in [-0.39, 0.29) is 13.0 Å². The van der Waals surface area contributed by atoms with Gasteiger partial charge >= 0.3 is 15.6 Å². The molecule has 0 bridgehead atoms. The third-order valence-corrected chi connectivity index (χ3v) is 7.71. The lowest BCUT2D eigenvalue weighted by atomic mass is 10.00. The SMILES string of the molecule is Cc1ncc(Cc2c([C@@H](C)O)sc(CCOP(=O)(O)OP(=O)(O)O)c2C)c(N)n1. The third kappa shape index (κ3) is 6.92. The molecule has 0 saturated heterocycles. The van der Waals surface area contributed by atoms with Crippen LogP contribution in [0.15, 0.2) is 6.20 Å². The van der Waals surface area contributed by atoms with Gasteiger partial charge in [-0.3, -0.25) is 4.52 Å². The lowest BCUT2D eigenvalue weighted by Gasteiger charge is -2.12. The molecule has 162 valence electrons. The molecule has 0 spiro atoms. The zero-order valence-electron chi connectivity index (χ0n) is 16.0. The first kappa shape index (κ1) is 24.1. The van der Waals surface area contributed by atoms with E-state index in [1.807, 2.05) is 6.92 Å². The second-order valence-corrected chi connectivity index (χ2v) is 10.3. The Morgan fingerprint density at radius 2 is 1.93 bits per heavy atom. The van der Waals surface area contributed by atoms with E-state index >= 15 is 0 Å². The number of hydrogen-bond acceptors (Lipinski definition) is 9. The van der Waals surface area contributed by atoms with Crippen LogP contribution in [-0.2, 0) is 30.8 Å². The number of hydrogen-bond donors (Lipinski definition) is 5. The summed E-state index contributed by atoms with van der Waals surface area (Å²) in [5, 5.41) is 10.1. The summed E-state index contributed by atoms with van der Waals surface area (Å²) in [6, 6.07) is 0. The highest BCUT2D eigenvalue weighted by Gasteiger charge is 2.32. The fraction of sp³-hybridized carbons (Fsp3) is 0.467. The highest BCUT2D eigenvalue weighted by Crippen LogP contribution is 2.57. The highest BCUT2D eigenvalue weighted by atomic mass is 32.1. The van der Waals surface area contributed by atoms with Gasteiger partial charge in [0.2, 0.25) is 0 Å². The first-order valence-corrected chi connectivity index (χ1v) is 12.2. The van der Waals surface area contributed by atoms with E-state index in [1.165, 1.54) is 11.3 Å². The fourth-order valence-electron chi connectivity index (χ4n) is 2.67. The van der Waals surface area contributed by atoms with Crippen molar-refractivity contribution in [3.63, 3.8) is 0 Å². The molecule has 6 N–H and O–H groups in total. The summed E-state index contributed by atoms with van der Waals surface area (Å²) in [7, 11) is -10.1. The summed E-state index contributed by atoms with van der Waals surface area (Å²) in [6.45, 7) is 4.87. The number of rotatable bonds is 9. The maximum Gasteiger partial charge on any atom is 0.481 e.